The molecule has 0 saturated heterocycles. The number of hydrogen-bond donors (Lipinski definition) is 0. The molecule has 24 heavy (non-hydrogen) atoms. The first-order valence-corrected chi connectivity index (χ1v) is 8.93. The Balaban J connectivity index is 2.61. The van der Waals surface area contributed by atoms with Crippen LogP contribution in [0.5, 0.6) is 0 Å². The minimum Gasteiger partial charge on any atom is -0.367 e. The lowest BCUT2D eigenvalue weighted by molar-refractivity contribution is -0.203. The van der Waals surface area contributed by atoms with Gasteiger partial charge in [-0.2, -0.15) is 0 Å². The number of rotatable bonds is 7. The molecule has 0 radical (unpaired) electrons. The Morgan fingerprint density at radius 2 is 0.958 bits per heavy atom. The van der Waals surface area contributed by atoms with Gasteiger partial charge in [0, 0.05) is 23.3 Å². The Bertz CT molecular complexity index is 595. The normalized spacial score (nSPS) is 16.4. The van der Waals surface area contributed by atoms with E-state index in [1.54, 1.807) is 0 Å². The second kappa shape index (κ2) is 7.88. The zero-order valence-corrected chi connectivity index (χ0v) is 16.1. The monoisotopic (exact) mass is 366 g/mol. The molecule has 2 aromatic rings. The lowest BCUT2D eigenvalue weighted by Gasteiger charge is -2.46. The summed E-state index contributed by atoms with van der Waals surface area (Å²) in [6.45, 7) is 9.23. The van der Waals surface area contributed by atoms with Crippen molar-refractivity contribution < 1.29 is 9.47 Å². The standard InChI is InChI=1S/C20H24Cl2O2/c1-5-23-19(3,15-7-11-17(21)12-8-15)20(4,24-6-2)16-9-13-18(22)14-10-16/h7-14H,5-6H2,1-4H3. The fourth-order valence-corrected chi connectivity index (χ4v) is 3.36. The van der Waals surface area contributed by atoms with Gasteiger partial charge in [0.15, 0.2) is 0 Å². The number of hydrogen-bond acceptors (Lipinski definition) is 2. The Kier molecular flexibility index (Phi) is 6.33. The van der Waals surface area contributed by atoms with Crippen LogP contribution in [0.15, 0.2) is 48.5 Å². The molecule has 0 N–H and O–H groups in total. The third-order valence-electron chi connectivity index (χ3n) is 4.57. The average molecular weight is 367 g/mol. The minimum atomic E-state index is -0.684. The van der Waals surface area contributed by atoms with Crippen molar-refractivity contribution in [1.82, 2.24) is 0 Å². The van der Waals surface area contributed by atoms with Gasteiger partial charge in [-0.15, -0.1) is 0 Å². The average Bonchev–Trinajstić information content (AvgIpc) is 2.56. The Morgan fingerprint density at radius 3 is 1.21 bits per heavy atom. The maximum Gasteiger partial charge on any atom is 0.123 e. The summed E-state index contributed by atoms with van der Waals surface area (Å²) >= 11 is 12.1. The molecule has 0 aliphatic carbocycles. The van der Waals surface area contributed by atoms with Gasteiger partial charge in [0.25, 0.3) is 0 Å². The third-order valence-corrected chi connectivity index (χ3v) is 5.07. The van der Waals surface area contributed by atoms with Crippen molar-refractivity contribution in [3.8, 4) is 0 Å². The molecule has 2 aromatic carbocycles. The second-order valence-electron chi connectivity index (χ2n) is 5.95. The zero-order chi connectivity index (χ0) is 17.8. The molecular formula is C20H24Cl2O2. The molecule has 0 heterocycles. The van der Waals surface area contributed by atoms with Crippen LogP contribution in [0.4, 0.5) is 0 Å². The highest BCUT2D eigenvalue weighted by molar-refractivity contribution is 6.30. The topological polar surface area (TPSA) is 18.5 Å². The van der Waals surface area contributed by atoms with E-state index in [4.69, 9.17) is 32.7 Å². The first-order chi connectivity index (χ1) is 11.4. The van der Waals surface area contributed by atoms with Gasteiger partial charge in [-0.1, -0.05) is 47.5 Å². The fourth-order valence-electron chi connectivity index (χ4n) is 3.11. The van der Waals surface area contributed by atoms with E-state index >= 15 is 0 Å². The number of ether oxygens (including phenoxy) is 2. The molecular weight excluding hydrogens is 343 g/mol. The van der Waals surface area contributed by atoms with Crippen molar-refractivity contribution in [2.75, 3.05) is 13.2 Å². The predicted octanol–water partition coefficient (Wildman–Crippen LogP) is 6.20. The van der Waals surface area contributed by atoms with Crippen molar-refractivity contribution in [1.29, 1.82) is 0 Å². The lowest BCUT2D eigenvalue weighted by atomic mass is 9.75. The molecule has 130 valence electrons. The van der Waals surface area contributed by atoms with Crippen molar-refractivity contribution in [3.05, 3.63) is 69.7 Å². The molecule has 0 saturated carbocycles. The highest BCUT2D eigenvalue weighted by Crippen LogP contribution is 2.46. The first kappa shape index (κ1) is 19.3. The van der Waals surface area contributed by atoms with Gasteiger partial charge in [-0.05, 0) is 63.1 Å². The molecule has 0 fully saturated rings. The van der Waals surface area contributed by atoms with Crippen LogP contribution < -0.4 is 0 Å². The van der Waals surface area contributed by atoms with Crippen LogP contribution in [0.2, 0.25) is 10.0 Å². The minimum absolute atomic E-state index is 0.565. The summed E-state index contributed by atoms with van der Waals surface area (Å²) in [7, 11) is 0. The van der Waals surface area contributed by atoms with E-state index in [0.29, 0.717) is 23.3 Å². The maximum atomic E-state index is 6.26. The van der Waals surface area contributed by atoms with Gasteiger partial charge in [0.05, 0.1) is 0 Å². The summed E-state index contributed by atoms with van der Waals surface area (Å²) in [6, 6.07) is 15.5. The van der Waals surface area contributed by atoms with Crippen molar-refractivity contribution >= 4 is 23.2 Å². The first-order valence-electron chi connectivity index (χ1n) is 8.17. The van der Waals surface area contributed by atoms with E-state index in [0.717, 1.165) is 11.1 Å². The molecule has 0 bridgehead atoms. The molecule has 0 aromatic heterocycles. The second-order valence-corrected chi connectivity index (χ2v) is 6.82. The molecule has 2 atom stereocenters. The summed E-state index contributed by atoms with van der Waals surface area (Å²) in [6.07, 6.45) is 0. The molecule has 4 heteroatoms. The van der Waals surface area contributed by atoms with Crippen LogP contribution in [-0.2, 0) is 20.7 Å². The molecule has 2 nitrogen and oxygen atoms in total. The van der Waals surface area contributed by atoms with Crippen LogP contribution >= 0.6 is 23.2 Å². The van der Waals surface area contributed by atoms with E-state index in [1.165, 1.54) is 0 Å². The predicted molar refractivity (Wildman–Crippen MR) is 101 cm³/mol. The number of benzene rings is 2. The number of halogens is 2. The molecule has 0 amide bonds. The van der Waals surface area contributed by atoms with Crippen LogP contribution in [-0.4, -0.2) is 13.2 Å². The van der Waals surface area contributed by atoms with E-state index in [2.05, 4.69) is 13.8 Å². The van der Waals surface area contributed by atoms with E-state index < -0.39 is 11.2 Å². The van der Waals surface area contributed by atoms with Crippen LogP contribution in [0, 0.1) is 0 Å². The third kappa shape index (κ3) is 3.62. The van der Waals surface area contributed by atoms with E-state index in [1.807, 2.05) is 62.4 Å². The van der Waals surface area contributed by atoms with Crippen LogP contribution in [0.25, 0.3) is 0 Å². The Morgan fingerprint density at radius 1 is 0.667 bits per heavy atom. The van der Waals surface area contributed by atoms with Gasteiger partial charge in [0.1, 0.15) is 11.2 Å². The highest BCUT2D eigenvalue weighted by atomic mass is 35.5. The smallest absolute Gasteiger partial charge is 0.123 e. The van der Waals surface area contributed by atoms with Crippen molar-refractivity contribution in [2.24, 2.45) is 0 Å². The van der Waals surface area contributed by atoms with E-state index in [9.17, 15) is 0 Å². The summed E-state index contributed by atoms with van der Waals surface area (Å²) < 4.78 is 12.5. The SMILES string of the molecule is CCOC(C)(c1ccc(Cl)cc1)C(C)(OCC)c1ccc(Cl)cc1. The zero-order valence-electron chi connectivity index (χ0n) is 14.6. The molecule has 2 unspecified atom stereocenters. The molecule has 2 rings (SSSR count). The Hall–Kier alpha value is -1.06. The van der Waals surface area contributed by atoms with Gasteiger partial charge in [0.2, 0.25) is 0 Å². The summed E-state index contributed by atoms with van der Waals surface area (Å²) in [5, 5.41) is 1.39. The lowest BCUT2D eigenvalue weighted by Crippen LogP contribution is -2.49. The molecule has 0 spiro atoms. The van der Waals surface area contributed by atoms with Gasteiger partial charge >= 0.3 is 0 Å². The van der Waals surface area contributed by atoms with Crippen LogP contribution in [0.1, 0.15) is 38.8 Å². The Labute approximate surface area is 154 Å². The molecule has 0 aliphatic rings. The fraction of sp³-hybridized carbons (Fsp3) is 0.400. The van der Waals surface area contributed by atoms with Gasteiger partial charge < -0.3 is 9.47 Å². The van der Waals surface area contributed by atoms with Crippen LogP contribution in [0.3, 0.4) is 0 Å². The summed E-state index contributed by atoms with van der Waals surface area (Å²) in [4.78, 5) is 0. The highest BCUT2D eigenvalue weighted by Gasteiger charge is 2.49. The summed E-state index contributed by atoms with van der Waals surface area (Å²) in [5.74, 6) is 0. The van der Waals surface area contributed by atoms with Crippen molar-refractivity contribution in [2.45, 2.75) is 38.9 Å². The molecule has 0 aliphatic heterocycles. The van der Waals surface area contributed by atoms with Gasteiger partial charge in [-0.25, -0.2) is 0 Å². The van der Waals surface area contributed by atoms with Crippen molar-refractivity contribution in [3.63, 3.8) is 0 Å². The van der Waals surface area contributed by atoms with E-state index in [-0.39, 0.29) is 0 Å². The largest absolute Gasteiger partial charge is 0.367 e. The summed E-state index contributed by atoms with van der Waals surface area (Å²) in [5.41, 5.74) is 0.658. The maximum absolute atomic E-state index is 6.26. The van der Waals surface area contributed by atoms with Gasteiger partial charge in [-0.3, -0.25) is 0 Å². The quantitative estimate of drug-likeness (QED) is 0.580.